The van der Waals surface area contributed by atoms with Gasteiger partial charge >= 0.3 is 6.09 Å². The van der Waals surface area contributed by atoms with E-state index in [1.807, 2.05) is 61.5 Å². The van der Waals surface area contributed by atoms with Gasteiger partial charge in [-0.2, -0.15) is 0 Å². The number of alkyl carbamates (subject to hydrolysis) is 1. The molecular weight excluding hydrogens is 408 g/mol. The van der Waals surface area contributed by atoms with E-state index in [-0.39, 0.29) is 24.5 Å². The van der Waals surface area contributed by atoms with Gasteiger partial charge in [-0.15, -0.1) is 0 Å². The number of Topliss-reactive ketones (excluding diaryl/α,β-unsaturated/α-hetero) is 1. The van der Waals surface area contributed by atoms with Crippen LogP contribution in [0, 0.1) is 10.1 Å². The number of nitro groups is 1. The summed E-state index contributed by atoms with van der Waals surface area (Å²) in [6.45, 7) is 2.16. The Hall–Kier alpha value is -4.00. The van der Waals surface area contributed by atoms with Gasteiger partial charge < -0.3 is 10.1 Å². The molecule has 0 aromatic heterocycles. The Morgan fingerprint density at radius 3 is 2.19 bits per heavy atom. The summed E-state index contributed by atoms with van der Waals surface area (Å²) >= 11 is 0. The van der Waals surface area contributed by atoms with Crippen LogP contribution in [0.4, 0.5) is 10.5 Å². The second-order valence-electron chi connectivity index (χ2n) is 7.29. The summed E-state index contributed by atoms with van der Waals surface area (Å²) in [5, 5.41) is 13.6. The molecule has 0 aliphatic heterocycles. The molecule has 0 heterocycles. The number of nitrogens with zero attached hydrogens (tertiary/aromatic N) is 1. The van der Waals surface area contributed by atoms with Gasteiger partial charge in [0.2, 0.25) is 0 Å². The number of ketones is 1. The first-order valence-electron chi connectivity index (χ1n) is 10.3. The van der Waals surface area contributed by atoms with Gasteiger partial charge in [-0.25, -0.2) is 4.79 Å². The highest BCUT2D eigenvalue weighted by molar-refractivity contribution is 5.97. The molecule has 3 rings (SSSR count). The van der Waals surface area contributed by atoms with E-state index < -0.39 is 17.1 Å². The predicted octanol–water partition coefficient (Wildman–Crippen LogP) is 5.40. The standard InChI is InChI=1S/C25H24N2O5/c1-2-18-8-10-20(11-9-18)23(26-25(29)32-17-19-6-4-3-5-7-19)16-24(28)21-12-14-22(15-13-21)27(30)31/h3-15,23H,2,16-17H2,1H3,(H,26,29). The molecule has 1 atom stereocenters. The Labute approximate surface area is 186 Å². The van der Waals surface area contributed by atoms with Crippen molar-refractivity contribution >= 4 is 17.6 Å². The summed E-state index contributed by atoms with van der Waals surface area (Å²) in [5.74, 6) is -0.243. The number of carbonyl (C=O) groups is 2. The van der Waals surface area contributed by atoms with Gasteiger partial charge in [0.25, 0.3) is 5.69 Å². The summed E-state index contributed by atoms with van der Waals surface area (Å²) < 4.78 is 5.32. The lowest BCUT2D eigenvalue weighted by molar-refractivity contribution is -0.384. The van der Waals surface area contributed by atoms with Gasteiger partial charge in [0.05, 0.1) is 11.0 Å². The Bertz CT molecular complexity index is 1060. The van der Waals surface area contributed by atoms with Crippen LogP contribution in [-0.4, -0.2) is 16.8 Å². The van der Waals surface area contributed by atoms with Crippen molar-refractivity contribution in [3.8, 4) is 0 Å². The second kappa shape index (κ2) is 10.9. The average molecular weight is 432 g/mol. The fraction of sp³-hybridized carbons (Fsp3) is 0.200. The minimum atomic E-state index is -0.630. The van der Waals surface area contributed by atoms with Crippen molar-refractivity contribution in [1.82, 2.24) is 5.32 Å². The fourth-order valence-electron chi connectivity index (χ4n) is 3.22. The summed E-state index contributed by atoms with van der Waals surface area (Å²) in [4.78, 5) is 35.6. The highest BCUT2D eigenvalue weighted by atomic mass is 16.6. The number of non-ortho nitro benzene ring substituents is 1. The van der Waals surface area contributed by atoms with Crippen LogP contribution in [-0.2, 0) is 17.8 Å². The lowest BCUT2D eigenvalue weighted by Crippen LogP contribution is -2.30. The van der Waals surface area contributed by atoms with Crippen molar-refractivity contribution in [2.75, 3.05) is 0 Å². The van der Waals surface area contributed by atoms with Crippen LogP contribution in [0.25, 0.3) is 0 Å². The largest absolute Gasteiger partial charge is 0.445 e. The average Bonchev–Trinajstić information content (AvgIpc) is 2.83. The summed E-state index contributed by atoms with van der Waals surface area (Å²) in [7, 11) is 0. The smallest absolute Gasteiger partial charge is 0.407 e. The summed E-state index contributed by atoms with van der Waals surface area (Å²) in [6.07, 6.45) is 0.234. The zero-order chi connectivity index (χ0) is 22.9. The normalized spacial score (nSPS) is 11.4. The van der Waals surface area contributed by atoms with Gasteiger partial charge in [0, 0.05) is 24.1 Å². The second-order valence-corrected chi connectivity index (χ2v) is 7.29. The van der Waals surface area contributed by atoms with Crippen LogP contribution in [0.2, 0.25) is 0 Å². The number of nitro benzene ring substituents is 1. The van der Waals surface area contributed by atoms with E-state index in [1.165, 1.54) is 24.3 Å². The molecule has 0 spiro atoms. The molecule has 1 unspecified atom stereocenters. The van der Waals surface area contributed by atoms with Crippen molar-refractivity contribution in [1.29, 1.82) is 0 Å². The highest BCUT2D eigenvalue weighted by Gasteiger charge is 2.21. The lowest BCUT2D eigenvalue weighted by atomic mass is 9.96. The molecule has 0 fully saturated rings. The third-order valence-corrected chi connectivity index (χ3v) is 5.08. The molecule has 32 heavy (non-hydrogen) atoms. The Morgan fingerprint density at radius 2 is 1.59 bits per heavy atom. The van der Waals surface area contributed by atoms with Crippen LogP contribution in [0.3, 0.4) is 0 Å². The number of amides is 1. The molecule has 0 saturated heterocycles. The number of carbonyl (C=O) groups excluding carboxylic acids is 2. The van der Waals surface area contributed by atoms with E-state index in [9.17, 15) is 19.7 Å². The molecule has 3 aromatic carbocycles. The van der Waals surface area contributed by atoms with Gasteiger partial charge in [-0.1, -0.05) is 61.5 Å². The van der Waals surface area contributed by atoms with Crippen LogP contribution in [0.1, 0.15) is 46.4 Å². The minimum Gasteiger partial charge on any atom is -0.445 e. The Morgan fingerprint density at radius 1 is 0.938 bits per heavy atom. The zero-order valence-electron chi connectivity index (χ0n) is 17.7. The van der Waals surface area contributed by atoms with Crippen LogP contribution in [0.5, 0.6) is 0 Å². The molecular formula is C25H24N2O5. The van der Waals surface area contributed by atoms with Crippen LogP contribution in [0.15, 0.2) is 78.9 Å². The maximum Gasteiger partial charge on any atom is 0.407 e. The maximum absolute atomic E-state index is 12.8. The number of hydrogen-bond donors (Lipinski definition) is 1. The maximum atomic E-state index is 12.8. The van der Waals surface area contributed by atoms with E-state index in [2.05, 4.69) is 5.32 Å². The van der Waals surface area contributed by atoms with Gasteiger partial charge in [0.1, 0.15) is 6.61 Å². The number of benzene rings is 3. The molecule has 164 valence electrons. The highest BCUT2D eigenvalue weighted by Crippen LogP contribution is 2.22. The van der Waals surface area contributed by atoms with E-state index in [0.29, 0.717) is 5.56 Å². The first-order chi connectivity index (χ1) is 15.5. The number of ether oxygens (including phenoxy) is 1. The third-order valence-electron chi connectivity index (χ3n) is 5.08. The third kappa shape index (κ3) is 6.25. The van der Waals surface area contributed by atoms with Gasteiger partial charge in [0.15, 0.2) is 5.78 Å². The molecule has 0 aliphatic carbocycles. The molecule has 0 bridgehead atoms. The fourth-order valence-corrected chi connectivity index (χ4v) is 3.22. The number of hydrogen-bond acceptors (Lipinski definition) is 5. The Kier molecular flexibility index (Phi) is 7.70. The van der Waals surface area contributed by atoms with E-state index in [0.717, 1.165) is 23.1 Å². The monoisotopic (exact) mass is 432 g/mol. The molecule has 0 radical (unpaired) electrons. The summed E-state index contributed by atoms with van der Waals surface area (Å²) in [6, 6.07) is 21.8. The van der Waals surface area contributed by atoms with Crippen molar-refractivity contribution in [2.45, 2.75) is 32.4 Å². The first-order valence-corrected chi connectivity index (χ1v) is 10.3. The zero-order valence-corrected chi connectivity index (χ0v) is 17.7. The van der Waals surface area contributed by atoms with Crippen molar-refractivity contribution in [2.24, 2.45) is 0 Å². The van der Waals surface area contributed by atoms with Crippen molar-refractivity contribution in [3.63, 3.8) is 0 Å². The topological polar surface area (TPSA) is 98.5 Å². The SMILES string of the molecule is CCc1ccc(C(CC(=O)c2ccc([N+](=O)[O-])cc2)NC(=O)OCc2ccccc2)cc1. The molecule has 7 heteroatoms. The lowest BCUT2D eigenvalue weighted by Gasteiger charge is -2.19. The van der Waals surface area contributed by atoms with Crippen LogP contribution < -0.4 is 5.32 Å². The van der Waals surface area contributed by atoms with Crippen LogP contribution >= 0.6 is 0 Å². The van der Waals surface area contributed by atoms with Gasteiger partial charge in [-0.05, 0) is 35.2 Å². The molecule has 1 amide bonds. The minimum absolute atomic E-state index is 0.0102. The first kappa shape index (κ1) is 22.7. The number of aryl methyl sites for hydroxylation is 1. The van der Waals surface area contributed by atoms with E-state index in [1.54, 1.807) is 0 Å². The van der Waals surface area contributed by atoms with E-state index >= 15 is 0 Å². The molecule has 3 aromatic rings. The number of rotatable bonds is 9. The molecule has 0 saturated carbocycles. The quantitative estimate of drug-likeness (QED) is 0.277. The van der Waals surface area contributed by atoms with E-state index in [4.69, 9.17) is 4.74 Å². The predicted molar refractivity (Wildman–Crippen MR) is 120 cm³/mol. The van der Waals surface area contributed by atoms with Gasteiger partial charge in [-0.3, -0.25) is 14.9 Å². The molecule has 0 aliphatic rings. The number of nitrogens with one attached hydrogen (secondary N) is 1. The Balaban J connectivity index is 1.72. The molecule has 7 nitrogen and oxygen atoms in total. The molecule has 1 N–H and O–H groups in total. The summed E-state index contributed by atoms with van der Waals surface area (Å²) in [5.41, 5.74) is 3.02. The van der Waals surface area contributed by atoms with Crippen molar-refractivity contribution < 1.29 is 19.2 Å². The van der Waals surface area contributed by atoms with Crippen molar-refractivity contribution in [3.05, 3.63) is 111 Å².